The highest BCUT2D eigenvalue weighted by atomic mass is 15.2. The Morgan fingerprint density at radius 1 is 1.27 bits per heavy atom. The van der Waals surface area contributed by atoms with Crippen molar-refractivity contribution in [3.8, 4) is 11.4 Å². The average Bonchev–Trinajstić information content (AvgIpc) is 3.01. The second-order valence-electron chi connectivity index (χ2n) is 6.51. The number of aromatic amines is 1. The zero-order valence-electron chi connectivity index (χ0n) is 13.6. The number of hydrogen-bond acceptors (Lipinski definition) is 3. The molecule has 1 aliphatic heterocycles. The SMILES string of the molecule is CCC1C=C(c2ccc(-c3ncn[nH]3)cc2C)N=CC1(C)C. The molecule has 0 fully saturated rings. The van der Waals surface area contributed by atoms with Crippen molar-refractivity contribution in [1.29, 1.82) is 0 Å². The van der Waals surface area contributed by atoms with Crippen LogP contribution in [0.3, 0.4) is 0 Å². The van der Waals surface area contributed by atoms with Crippen molar-refractivity contribution in [2.45, 2.75) is 34.1 Å². The quantitative estimate of drug-likeness (QED) is 0.919. The standard InChI is InChI=1S/C18H22N4/c1-5-14-9-16(19-10-18(14,3)4)15-7-6-13(8-12(15)2)17-20-11-21-22-17/h6-11,14H,5H2,1-4H3,(H,20,21,22). The molecule has 1 aromatic carbocycles. The zero-order valence-corrected chi connectivity index (χ0v) is 13.6. The highest BCUT2D eigenvalue weighted by molar-refractivity contribution is 5.82. The van der Waals surface area contributed by atoms with E-state index in [0.717, 1.165) is 23.5 Å². The normalized spacial score (nSPS) is 20.0. The molecule has 0 aliphatic carbocycles. The van der Waals surface area contributed by atoms with E-state index in [-0.39, 0.29) is 5.41 Å². The molecule has 0 saturated heterocycles. The van der Waals surface area contributed by atoms with Crippen LogP contribution in [0.1, 0.15) is 38.3 Å². The van der Waals surface area contributed by atoms with Gasteiger partial charge in [0.2, 0.25) is 0 Å². The molecule has 1 atom stereocenters. The number of benzene rings is 1. The van der Waals surface area contributed by atoms with Crippen LogP contribution in [0.15, 0.2) is 35.6 Å². The molecule has 3 rings (SSSR count). The number of nitrogens with one attached hydrogen (secondary N) is 1. The van der Waals surface area contributed by atoms with E-state index >= 15 is 0 Å². The molecule has 22 heavy (non-hydrogen) atoms. The number of rotatable bonds is 3. The maximum atomic E-state index is 4.70. The summed E-state index contributed by atoms with van der Waals surface area (Å²) in [7, 11) is 0. The van der Waals surface area contributed by atoms with E-state index in [4.69, 9.17) is 4.99 Å². The summed E-state index contributed by atoms with van der Waals surface area (Å²) in [5, 5.41) is 6.81. The van der Waals surface area contributed by atoms with Crippen LogP contribution in [0.5, 0.6) is 0 Å². The first-order valence-electron chi connectivity index (χ1n) is 7.75. The Kier molecular flexibility index (Phi) is 3.69. The van der Waals surface area contributed by atoms with E-state index in [2.05, 4.69) is 73.4 Å². The molecule has 1 aromatic heterocycles. The van der Waals surface area contributed by atoms with Gasteiger partial charge in [-0.15, -0.1) is 0 Å². The van der Waals surface area contributed by atoms with Crippen molar-refractivity contribution in [2.24, 2.45) is 16.3 Å². The van der Waals surface area contributed by atoms with Crippen LogP contribution in [0, 0.1) is 18.3 Å². The van der Waals surface area contributed by atoms with Gasteiger partial charge in [-0.25, -0.2) is 4.98 Å². The molecular formula is C18H22N4. The number of aliphatic imine (C=N–C) groups is 1. The largest absolute Gasteiger partial charge is 0.260 e. The molecule has 0 bridgehead atoms. The van der Waals surface area contributed by atoms with Gasteiger partial charge in [0.05, 0.1) is 5.70 Å². The second kappa shape index (κ2) is 5.52. The van der Waals surface area contributed by atoms with E-state index in [1.807, 2.05) is 0 Å². The summed E-state index contributed by atoms with van der Waals surface area (Å²) in [5.41, 5.74) is 4.64. The number of aromatic nitrogens is 3. The number of H-pyrrole nitrogens is 1. The Morgan fingerprint density at radius 3 is 2.73 bits per heavy atom. The maximum Gasteiger partial charge on any atom is 0.155 e. The topological polar surface area (TPSA) is 53.9 Å². The van der Waals surface area contributed by atoms with Gasteiger partial charge in [-0.1, -0.05) is 39.0 Å². The van der Waals surface area contributed by atoms with Crippen LogP contribution in [-0.2, 0) is 0 Å². The van der Waals surface area contributed by atoms with E-state index in [1.54, 1.807) is 0 Å². The minimum Gasteiger partial charge on any atom is -0.260 e. The van der Waals surface area contributed by atoms with Gasteiger partial charge in [-0.3, -0.25) is 10.1 Å². The fourth-order valence-corrected chi connectivity index (χ4v) is 3.03. The lowest BCUT2D eigenvalue weighted by Gasteiger charge is -2.31. The summed E-state index contributed by atoms with van der Waals surface area (Å²) in [6, 6.07) is 6.33. The van der Waals surface area contributed by atoms with Crippen molar-refractivity contribution >= 4 is 11.9 Å². The van der Waals surface area contributed by atoms with E-state index < -0.39 is 0 Å². The third-order valence-corrected chi connectivity index (χ3v) is 4.48. The minimum atomic E-state index is 0.131. The Morgan fingerprint density at radius 2 is 2.09 bits per heavy atom. The van der Waals surface area contributed by atoms with Crippen LogP contribution < -0.4 is 0 Å². The van der Waals surface area contributed by atoms with Crippen LogP contribution in [-0.4, -0.2) is 21.4 Å². The van der Waals surface area contributed by atoms with Crippen molar-refractivity contribution in [2.75, 3.05) is 0 Å². The number of nitrogens with zero attached hydrogens (tertiary/aromatic N) is 3. The minimum absolute atomic E-state index is 0.131. The van der Waals surface area contributed by atoms with Crippen LogP contribution >= 0.6 is 0 Å². The smallest absolute Gasteiger partial charge is 0.155 e. The van der Waals surface area contributed by atoms with Crippen molar-refractivity contribution < 1.29 is 0 Å². The molecule has 0 amide bonds. The third-order valence-electron chi connectivity index (χ3n) is 4.48. The fraction of sp³-hybridized carbons (Fsp3) is 0.389. The molecular weight excluding hydrogens is 272 g/mol. The van der Waals surface area contributed by atoms with Gasteiger partial charge in [-0.05, 0) is 30.9 Å². The average molecular weight is 294 g/mol. The highest BCUT2D eigenvalue weighted by Crippen LogP contribution is 2.37. The van der Waals surface area contributed by atoms with Crippen molar-refractivity contribution in [3.05, 3.63) is 41.7 Å². The van der Waals surface area contributed by atoms with E-state index in [1.165, 1.54) is 17.5 Å². The maximum absolute atomic E-state index is 4.70. The molecule has 4 nitrogen and oxygen atoms in total. The third kappa shape index (κ3) is 2.61. The molecule has 2 heterocycles. The summed E-state index contributed by atoms with van der Waals surface area (Å²) in [6.07, 6.45) is 7.06. The first kappa shape index (κ1) is 14.7. The van der Waals surface area contributed by atoms with Crippen LogP contribution in [0.2, 0.25) is 0 Å². The number of allylic oxidation sites excluding steroid dienone is 1. The predicted molar refractivity (Wildman–Crippen MR) is 90.6 cm³/mol. The first-order chi connectivity index (χ1) is 10.5. The second-order valence-corrected chi connectivity index (χ2v) is 6.51. The lowest BCUT2D eigenvalue weighted by Crippen LogP contribution is -2.26. The fourth-order valence-electron chi connectivity index (χ4n) is 3.03. The van der Waals surface area contributed by atoms with Gasteiger partial charge in [0, 0.05) is 22.8 Å². The molecule has 0 radical (unpaired) electrons. The summed E-state index contributed by atoms with van der Waals surface area (Å²) >= 11 is 0. The van der Waals surface area contributed by atoms with E-state index in [9.17, 15) is 0 Å². The monoisotopic (exact) mass is 294 g/mol. The highest BCUT2D eigenvalue weighted by Gasteiger charge is 2.28. The van der Waals surface area contributed by atoms with Gasteiger partial charge in [0.15, 0.2) is 5.82 Å². The van der Waals surface area contributed by atoms with Crippen LogP contribution in [0.4, 0.5) is 0 Å². The summed E-state index contributed by atoms with van der Waals surface area (Å²) in [4.78, 5) is 8.91. The molecule has 4 heteroatoms. The Bertz CT molecular complexity index is 724. The van der Waals surface area contributed by atoms with Crippen molar-refractivity contribution in [1.82, 2.24) is 15.2 Å². The Labute approximate surface area is 131 Å². The van der Waals surface area contributed by atoms with Crippen LogP contribution in [0.25, 0.3) is 17.1 Å². The number of hydrogen-bond donors (Lipinski definition) is 1. The van der Waals surface area contributed by atoms with Gasteiger partial charge >= 0.3 is 0 Å². The van der Waals surface area contributed by atoms with Gasteiger partial charge in [0.1, 0.15) is 6.33 Å². The molecule has 1 N–H and O–H groups in total. The lowest BCUT2D eigenvalue weighted by molar-refractivity contribution is 0.370. The summed E-state index contributed by atoms with van der Waals surface area (Å²) < 4.78 is 0. The molecule has 0 spiro atoms. The molecule has 2 aromatic rings. The lowest BCUT2D eigenvalue weighted by atomic mass is 9.76. The Hall–Kier alpha value is -2.23. The van der Waals surface area contributed by atoms with Gasteiger partial charge in [0.25, 0.3) is 0 Å². The molecule has 1 unspecified atom stereocenters. The van der Waals surface area contributed by atoms with Crippen molar-refractivity contribution in [3.63, 3.8) is 0 Å². The predicted octanol–water partition coefficient (Wildman–Crippen LogP) is 4.26. The summed E-state index contributed by atoms with van der Waals surface area (Å²) in [5.74, 6) is 1.32. The van der Waals surface area contributed by atoms with Gasteiger partial charge < -0.3 is 0 Å². The Balaban J connectivity index is 1.96. The molecule has 114 valence electrons. The van der Waals surface area contributed by atoms with Gasteiger partial charge in [-0.2, -0.15) is 5.10 Å². The number of aryl methyl sites for hydroxylation is 1. The van der Waals surface area contributed by atoms with E-state index in [0.29, 0.717) is 5.92 Å². The first-order valence-corrected chi connectivity index (χ1v) is 7.75. The zero-order chi connectivity index (χ0) is 15.7. The summed E-state index contributed by atoms with van der Waals surface area (Å²) in [6.45, 7) is 8.85. The molecule has 0 saturated carbocycles. The molecule has 1 aliphatic rings.